The monoisotopic (exact) mass is 393 g/mol. The van der Waals surface area contributed by atoms with E-state index in [0.717, 1.165) is 28.0 Å². The third-order valence-electron chi connectivity index (χ3n) is 4.58. The zero-order valence-corrected chi connectivity index (χ0v) is 17.1. The number of amides is 1. The van der Waals surface area contributed by atoms with Crippen LogP contribution in [-0.2, 0) is 20.7 Å². The van der Waals surface area contributed by atoms with Crippen molar-refractivity contribution in [1.82, 2.24) is 15.3 Å². The van der Waals surface area contributed by atoms with Crippen LogP contribution in [0.5, 0.6) is 0 Å². The van der Waals surface area contributed by atoms with E-state index in [9.17, 15) is 9.59 Å². The Bertz CT molecular complexity index is 943. The van der Waals surface area contributed by atoms with Gasteiger partial charge in [-0.3, -0.25) is 9.59 Å². The van der Waals surface area contributed by atoms with Crippen LogP contribution in [0.2, 0.25) is 0 Å². The second-order valence-corrected chi connectivity index (χ2v) is 7.47. The Hall–Kier alpha value is -3.15. The van der Waals surface area contributed by atoms with Crippen molar-refractivity contribution in [3.05, 3.63) is 65.5 Å². The van der Waals surface area contributed by atoms with E-state index in [1.54, 1.807) is 0 Å². The van der Waals surface area contributed by atoms with Crippen molar-refractivity contribution in [1.29, 1.82) is 0 Å². The Morgan fingerprint density at radius 1 is 1.10 bits per heavy atom. The van der Waals surface area contributed by atoms with Crippen LogP contribution >= 0.6 is 0 Å². The van der Waals surface area contributed by atoms with E-state index >= 15 is 0 Å². The van der Waals surface area contributed by atoms with Crippen LogP contribution in [-0.4, -0.2) is 27.9 Å². The number of carbonyl (C=O) groups is 2. The summed E-state index contributed by atoms with van der Waals surface area (Å²) in [4.78, 5) is 32.5. The number of hydrogen-bond donors (Lipinski definition) is 2. The molecule has 1 aromatic heterocycles. The van der Waals surface area contributed by atoms with Crippen molar-refractivity contribution in [2.24, 2.45) is 0 Å². The van der Waals surface area contributed by atoms with Crippen LogP contribution in [0.15, 0.2) is 48.5 Å². The molecule has 0 spiro atoms. The van der Waals surface area contributed by atoms with Gasteiger partial charge in [0.25, 0.3) is 0 Å². The lowest BCUT2D eigenvalue weighted by molar-refractivity contribution is -0.148. The number of aryl methyl sites for hydroxylation is 2. The molecular weight excluding hydrogens is 366 g/mol. The van der Waals surface area contributed by atoms with Gasteiger partial charge in [-0.15, -0.1) is 0 Å². The summed E-state index contributed by atoms with van der Waals surface area (Å²) in [5.41, 5.74) is 3.84. The lowest BCUT2D eigenvalue weighted by atomic mass is 10.0. The van der Waals surface area contributed by atoms with Crippen molar-refractivity contribution < 1.29 is 14.3 Å². The summed E-state index contributed by atoms with van der Waals surface area (Å²) in [5, 5.41) is 2.98. The molecule has 29 heavy (non-hydrogen) atoms. The minimum Gasteiger partial charge on any atom is -0.463 e. The van der Waals surface area contributed by atoms with Crippen molar-refractivity contribution in [2.75, 3.05) is 0 Å². The van der Waals surface area contributed by atoms with Gasteiger partial charge in [0, 0.05) is 12.8 Å². The molecule has 0 aliphatic rings. The minimum absolute atomic E-state index is 0.0949. The molecule has 3 aromatic rings. The molecule has 0 radical (unpaired) electrons. The average Bonchev–Trinajstić information content (AvgIpc) is 3.09. The Kier molecular flexibility index (Phi) is 6.65. The molecule has 1 unspecified atom stereocenters. The van der Waals surface area contributed by atoms with Crippen LogP contribution < -0.4 is 5.32 Å². The van der Waals surface area contributed by atoms with Crippen LogP contribution in [0.4, 0.5) is 0 Å². The zero-order chi connectivity index (χ0) is 20.8. The van der Waals surface area contributed by atoms with Gasteiger partial charge in [0.15, 0.2) is 0 Å². The maximum Gasteiger partial charge on any atom is 0.308 e. The van der Waals surface area contributed by atoms with Gasteiger partial charge in [-0.25, -0.2) is 4.98 Å². The molecule has 3 rings (SSSR count). The number of H-pyrrole nitrogens is 1. The second kappa shape index (κ2) is 9.37. The lowest BCUT2D eigenvalue weighted by Crippen LogP contribution is -2.31. The van der Waals surface area contributed by atoms with E-state index in [1.165, 1.54) is 0 Å². The summed E-state index contributed by atoms with van der Waals surface area (Å²) in [7, 11) is 0. The SMILES string of the molecule is Cc1ccc(C(CC(=O)OC(C)C)NC(=O)CCc2nc3ccccc3[nH]2)cc1. The van der Waals surface area contributed by atoms with Gasteiger partial charge < -0.3 is 15.0 Å². The summed E-state index contributed by atoms with van der Waals surface area (Å²) in [6.07, 6.45) is 0.682. The van der Waals surface area contributed by atoms with E-state index in [1.807, 2.05) is 69.3 Å². The minimum atomic E-state index is -0.426. The standard InChI is InChI=1S/C23H27N3O3/c1-15(2)29-23(28)14-20(17-10-8-16(3)9-11-17)26-22(27)13-12-21-24-18-6-4-5-7-19(18)25-21/h4-11,15,20H,12-14H2,1-3H3,(H,24,25)(H,26,27). The molecule has 0 aliphatic heterocycles. The topological polar surface area (TPSA) is 84.1 Å². The van der Waals surface area contributed by atoms with Crippen LogP contribution in [0, 0.1) is 6.92 Å². The fourth-order valence-electron chi connectivity index (χ4n) is 3.15. The van der Waals surface area contributed by atoms with Gasteiger partial charge in [-0.05, 0) is 38.5 Å². The highest BCUT2D eigenvalue weighted by Crippen LogP contribution is 2.19. The highest BCUT2D eigenvalue weighted by atomic mass is 16.5. The maximum absolute atomic E-state index is 12.6. The Labute approximate surface area is 170 Å². The van der Waals surface area contributed by atoms with Crippen LogP contribution in [0.3, 0.4) is 0 Å². The summed E-state index contributed by atoms with van der Waals surface area (Å²) in [5.74, 6) is 0.309. The summed E-state index contributed by atoms with van der Waals surface area (Å²) >= 11 is 0. The first-order valence-corrected chi connectivity index (χ1v) is 9.89. The fraction of sp³-hybridized carbons (Fsp3) is 0.348. The Morgan fingerprint density at radius 2 is 1.83 bits per heavy atom. The number of imidazole rings is 1. The first-order chi connectivity index (χ1) is 13.9. The molecule has 2 N–H and O–H groups in total. The predicted molar refractivity (Wildman–Crippen MR) is 112 cm³/mol. The van der Waals surface area contributed by atoms with Gasteiger partial charge in [-0.2, -0.15) is 0 Å². The molecule has 152 valence electrons. The van der Waals surface area contributed by atoms with E-state index < -0.39 is 6.04 Å². The van der Waals surface area contributed by atoms with E-state index in [-0.39, 0.29) is 30.8 Å². The smallest absolute Gasteiger partial charge is 0.308 e. The normalized spacial score (nSPS) is 12.1. The molecular formula is C23H27N3O3. The van der Waals surface area contributed by atoms with Crippen LogP contribution in [0.25, 0.3) is 11.0 Å². The molecule has 6 nitrogen and oxygen atoms in total. The highest BCUT2D eigenvalue weighted by molar-refractivity contribution is 5.79. The number of fused-ring (bicyclic) bond motifs is 1. The number of aromatic amines is 1. The van der Waals surface area contributed by atoms with Crippen LogP contribution in [0.1, 0.15) is 49.7 Å². The summed E-state index contributed by atoms with van der Waals surface area (Å²) < 4.78 is 5.27. The Morgan fingerprint density at radius 3 is 2.52 bits per heavy atom. The number of hydrogen-bond acceptors (Lipinski definition) is 4. The quantitative estimate of drug-likeness (QED) is 0.567. The number of aromatic nitrogens is 2. The maximum atomic E-state index is 12.6. The van der Waals surface area contributed by atoms with Gasteiger partial charge in [-0.1, -0.05) is 42.0 Å². The van der Waals surface area contributed by atoms with Crippen molar-refractivity contribution >= 4 is 22.9 Å². The molecule has 6 heteroatoms. The van der Waals surface area contributed by atoms with Crippen molar-refractivity contribution in [2.45, 2.75) is 52.2 Å². The van der Waals surface area contributed by atoms with E-state index in [0.29, 0.717) is 6.42 Å². The molecule has 0 bridgehead atoms. The molecule has 0 fully saturated rings. The number of esters is 1. The number of carbonyl (C=O) groups excluding carboxylic acids is 2. The first kappa shape index (κ1) is 20.6. The largest absolute Gasteiger partial charge is 0.463 e. The highest BCUT2D eigenvalue weighted by Gasteiger charge is 2.20. The third kappa shape index (κ3) is 5.91. The molecule has 1 atom stereocenters. The predicted octanol–water partition coefficient (Wildman–Crippen LogP) is 4.00. The number of nitrogens with one attached hydrogen (secondary N) is 2. The van der Waals surface area contributed by atoms with E-state index in [4.69, 9.17) is 4.74 Å². The van der Waals surface area contributed by atoms with Gasteiger partial charge in [0.1, 0.15) is 5.82 Å². The van der Waals surface area contributed by atoms with Gasteiger partial charge >= 0.3 is 5.97 Å². The summed E-state index contributed by atoms with van der Waals surface area (Å²) in [6, 6.07) is 15.1. The van der Waals surface area contributed by atoms with Crippen molar-refractivity contribution in [3.8, 4) is 0 Å². The first-order valence-electron chi connectivity index (χ1n) is 9.89. The average molecular weight is 393 g/mol. The number of para-hydroxylation sites is 2. The second-order valence-electron chi connectivity index (χ2n) is 7.47. The van der Waals surface area contributed by atoms with Gasteiger partial charge in [0.05, 0.1) is 29.6 Å². The third-order valence-corrected chi connectivity index (χ3v) is 4.58. The molecule has 1 amide bonds. The molecule has 2 aromatic carbocycles. The Balaban J connectivity index is 1.64. The number of rotatable bonds is 8. The number of ether oxygens (including phenoxy) is 1. The fourth-order valence-corrected chi connectivity index (χ4v) is 3.15. The molecule has 0 saturated heterocycles. The van der Waals surface area contributed by atoms with E-state index in [2.05, 4.69) is 15.3 Å². The lowest BCUT2D eigenvalue weighted by Gasteiger charge is -2.19. The zero-order valence-electron chi connectivity index (χ0n) is 17.1. The summed E-state index contributed by atoms with van der Waals surface area (Å²) in [6.45, 7) is 5.62. The molecule has 0 saturated carbocycles. The molecule has 0 aliphatic carbocycles. The molecule has 1 heterocycles. The number of benzene rings is 2. The number of nitrogens with zero attached hydrogens (tertiary/aromatic N) is 1. The van der Waals surface area contributed by atoms with Crippen molar-refractivity contribution in [3.63, 3.8) is 0 Å². The van der Waals surface area contributed by atoms with Gasteiger partial charge in [0.2, 0.25) is 5.91 Å².